The molecule has 0 amide bonds. The minimum Gasteiger partial charge on any atom is -0.384 e. The van der Waals surface area contributed by atoms with Crippen molar-refractivity contribution in [3.63, 3.8) is 0 Å². The number of H-pyrrole nitrogens is 5. The third kappa shape index (κ3) is 40.5. The van der Waals surface area contributed by atoms with Crippen LogP contribution in [0.4, 0.5) is 0 Å². The number of likely N-dealkylation sites (N-methyl/N-ethyl adjacent to an activating group) is 10. The maximum atomic E-state index is 6.21. The van der Waals surface area contributed by atoms with E-state index in [9.17, 15) is 0 Å². The first-order valence-corrected chi connectivity index (χ1v) is 48.0. The standard InChI is InChI=1S/C22H42N4O4.C22H42N4O2.C18H34N4O2.C17H32N4O2.C17H32N4O/c1-23-9-10-26(2)16-20-15-24-25-21(20)19-5-7-22(8-6-19,17-29-13-11-27-3)18-30-14-12-28-4;1-17(2)27-15-22(16-28-18(3)4)9-7-19(8-10-22)21-20(13-24-25-21)14-26(6)12-11-23-5;1-19-9-10-22(2)12-16-11-20-21-17(16)15-5-7-18(8-6-15,13-23-3)14-24-4;1-18-8-9-21(2)13-15-12-19-20-17(15)14-4-6-16(7-5-14)23-11-10-22-3;1-16(2)9-13(10-17(3,4)22-16)15-14(11-19-20-15)12-21(6)8-7-18-5/h15,19,23H,5-14,16-18H2,1-4H3,(H,24,25);13,17-19,23H,7-12,14-16H2,1-6H3,(H,24,25);11,15,19H,5-10,12-14H2,1-4H3,(H,20,21);12,14,16,18H,4-11,13H2,1-3H3,(H,19,20);11,13,18H,7-10,12H2,1-6H3,(H,19,20). The molecule has 0 bridgehead atoms. The van der Waals surface area contributed by atoms with Crippen LogP contribution in [0.25, 0.3) is 0 Å². The van der Waals surface area contributed by atoms with E-state index in [1.807, 2.05) is 66.2 Å². The molecule has 5 fully saturated rings. The Morgan fingerprint density at radius 2 is 0.606 bits per heavy atom. The molecule has 127 heavy (non-hydrogen) atoms. The Hall–Kier alpha value is -4.79. The summed E-state index contributed by atoms with van der Waals surface area (Å²) in [5.74, 6) is 2.72. The fourth-order valence-corrected chi connectivity index (χ4v) is 19.2. The molecule has 0 aromatic carbocycles. The number of aromatic amines is 5. The summed E-state index contributed by atoms with van der Waals surface area (Å²) in [5.41, 5.74) is 13.5. The van der Waals surface area contributed by atoms with Crippen molar-refractivity contribution in [2.75, 3.05) is 251 Å². The van der Waals surface area contributed by atoms with Gasteiger partial charge in [0.1, 0.15) is 0 Å². The average Bonchev–Trinajstić information content (AvgIpc) is 1.77. The number of aromatic nitrogens is 10. The molecule has 0 unspecified atom stereocenters. The lowest BCUT2D eigenvalue weighted by atomic mass is 9.70. The average molecular weight is 1790 g/mol. The van der Waals surface area contributed by atoms with Gasteiger partial charge in [0.2, 0.25) is 0 Å². The number of methoxy groups -OCH3 is 5. The Labute approximate surface area is 767 Å². The molecule has 732 valence electrons. The minimum absolute atomic E-state index is 0.0712. The van der Waals surface area contributed by atoms with Crippen LogP contribution in [0.1, 0.15) is 257 Å². The zero-order valence-electron chi connectivity index (χ0n) is 83.8. The molecule has 4 saturated carbocycles. The monoisotopic (exact) mass is 1790 g/mol. The highest BCUT2D eigenvalue weighted by Crippen LogP contribution is 2.48. The Kier molecular flexibility index (Phi) is 52.8. The number of hydrogen-bond acceptors (Lipinski definition) is 26. The lowest BCUT2D eigenvalue weighted by Crippen LogP contribution is -2.44. The van der Waals surface area contributed by atoms with Gasteiger partial charge < -0.3 is 103 Å². The van der Waals surface area contributed by atoms with Crippen molar-refractivity contribution in [1.29, 1.82) is 0 Å². The van der Waals surface area contributed by atoms with Crippen LogP contribution < -0.4 is 26.6 Å². The zero-order chi connectivity index (χ0) is 92.5. The van der Waals surface area contributed by atoms with Gasteiger partial charge >= 0.3 is 0 Å². The van der Waals surface area contributed by atoms with Gasteiger partial charge in [0.15, 0.2) is 0 Å². The maximum Gasteiger partial charge on any atom is 0.0704 e. The van der Waals surface area contributed by atoms with Gasteiger partial charge in [-0.1, -0.05) is 0 Å². The van der Waals surface area contributed by atoms with Crippen LogP contribution in [0.15, 0.2) is 31.0 Å². The summed E-state index contributed by atoms with van der Waals surface area (Å²) >= 11 is 0. The third-order valence-electron chi connectivity index (χ3n) is 26.2. The summed E-state index contributed by atoms with van der Waals surface area (Å²) in [6, 6.07) is 0. The summed E-state index contributed by atoms with van der Waals surface area (Å²) in [7, 11) is 29.5. The predicted molar refractivity (Wildman–Crippen MR) is 511 cm³/mol. The first-order chi connectivity index (χ1) is 61.1. The summed E-state index contributed by atoms with van der Waals surface area (Å²) in [6.07, 6.45) is 31.2. The largest absolute Gasteiger partial charge is 0.384 e. The van der Waals surface area contributed by atoms with E-state index in [1.165, 1.54) is 94.8 Å². The molecule has 0 atom stereocenters. The van der Waals surface area contributed by atoms with Crippen molar-refractivity contribution >= 4 is 0 Å². The van der Waals surface area contributed by atoms with Gasteiger partial charge in [0, 0.05) is 236 Å². The second-order valence-corrected chi connectivity index (χ2v) is 39.3. The van der Waals surface area contributed by atoms with Crippen LogP contribution in [0.2, 0.25) is 0 Å². The molecular formula is C96H182N20O11. The van der Waals surface area contributed by atoms with E-state index in [4.69, 9.17) is 52.1 Å². The first-order valence-electron chi connectivity index (χ1n) is 48.0. The lowest BCUT2D eigenvalue weighted by molar-refractivity contribution is -0.162. The molecule has 5 aromatic rings. The topological polar surface area (TPSA) is 321 Å². The van der Waals surface area contributed by atoms with Gasteiger partial charge in [-0.05, 0) is 241 Å². The molecule has 10 rings (SSSR count). The van der Waals surface area contributed by atoms with Crippen LogP contribution in [0.3, 0.4) is 0 Å². The van der Waals surface area contributed by atoms with Crippen molar-refractivity contribution < 1.29 is 52.1 Å². The van der Waals surface area contributed by atoms with Crippen LogP contribution >= 0.6 is 0 Å². The number of rotatable bonds is 54. The molecule has 0 radical (unpaired) electrons. The predicted octanol–water partition coefficient (Wildman–Crippen LogP) is 11.8. The zero-order valence-corrected chi connectivity index (χ0v) is 83.8. The third-order valence-corrected chi connectivity index (χ3v) is 26.2. The van der Waals surface area contributed by atoms with Crippen LogP contribution in [0.5, 0.6) is 0 Å². The summed E-state index contributed by atoms with van der Waals surface area (Å²) < 4.78 is 62.3. The second-order valence-electron chi connectivity index (χ2n) is 39.3. The van der Waals surface area contributed by atoms with Crippen molar-refractivity contribution in [1.82, 2.24) is 102 Å². The molecule has 4 aliphatic carbocycles. The first kappa shape index (κ1) is 111. The van der Waals surface area contributed by atoms with E-state index in [-0.39, 0.29) is 39.7 Å². The lowest BCUT2D eigenvalue weighted by Gasteiger charge is -2.45. The number of nitrogens with one attached hydrogen (secondary N) is 10. The molecule has 5 aliphatic rings. The van der Waals surface area contributed by atoms with Crippen molar-refractivity contribution in [3.05, 3.63) is 87.3 Å². The maximum absolute atomic E-state index is 6.21. The van der Waals surface area contributed by atoms with Crippen molar-refractivity contribution in [3.8, 4) is 0 Å². The molecule has 6 heterocycles. The molecular weight excluding hydrogens is 1610 g/mol. The van der Waals surface area contributed by atoms with Gasteiger partial charge in [0.25, 0.3) is 0 Å². The Balaban J connectivity index is 0.000000246. The SMILES string of the molecule is CNCCN(C)Cc1cn[nH]c1C1CC(C)(C)OC(C)(C)C1.CNCCN(C)Cc1cn[nH]c1C1CCC(COC(C)C)(COC(C)C)CC1.CNCCN(C)Cc1cn[nH]c1C1CCC(COC)(COC)CC1.CNCCN(C)Cc1cn[nH]c1C1CCC(COCCOC)(COCCOC)CC1.CNCCN(C)Cc1cn[nH]c1C1CCC(OCCOC)CC1. The highest BCUT2D eigenvalue weighted by Gasteiger charge is 2.43. The van der Waals surface area contributed by atoms with E-state index in [1.54, 1.807) is 35.5 Å². The quantitative estimate of drug-likeness (QED) is 0.0162. The molecule has 5 aromatic heterocycles. The molecule has 31 nitrogen and oxygen atoms in total. The van der Waals surface area contributed by atoms with Crippen molar-refractivity contribution in [2.24, 2.45) is 16.2 Å². The Morgan fingerprint density at radius 3 is 0.874 bits per heavy atom. The van der Waals surface area contributed by atoms with Gasteiger partial charge in [-0.2, -0.15) is 25.5 Å². The van der Waals surface area contributed by atoms with Crippen molar-refractivity contribution in [2.45, 2.75) is 263 Å². The van der Waals surface area contributed by atoms with Crippen LogP contribution in [-0.4, -0.2) is 356 Å². The van der Waals surface area contributed by atoms with E-state index in [0.29, 0.717) is 75.3 Å². The van der Waals surface area contributed by atoms with E-state index >= 15 is 0 Å². The molecule has 0 spiro atoms. The molecule has 31 heteroatoms. The normalized spacial score (nSPS) is 19.1. The Bertz CT molecular complexity index is 3490. The number of hydrogen-bond donors (Lipinski definition) is 10. The van der Waals surface area contributed by atoms with Gasteiger partial charge in [-0.3, -0.25) is 25.5 Å². The van der Waals surface area contributed by atoms with E-state index in [0.717, 1.165) is 215 Å². The smallest absolute Gasteiger partial charge is 0.0704 e. The summed E-state index contributed by atoms with van der Waals surface area (Å²) in [6.45, 7) is 40.6. The summed E-state index contributed by atoms with van der Waals surface area (Å²) in [4.78, 5) is 11.7. The fourth-order valence-electron chi connectivity index (χ4n) is 19.2. The minimum atomic E-state index is -0.0904. The van der Waals surface area contributed by atoms with Gasteiger partial charge in [-0.15, -0.1) is 0 Å². The van der Waals surface area contributed by atoms with Gasteiger partial charge in [-0.25, -0.2) is 0 Å². The molecule has 1 saturated heterocycles. The second kappa shape index (κ2) is 60.5. The van der Waals surface area contributed by atoms with E-state index in [2.05, 4.69) is 193 Å². The van der Waals surface area contributed by atoms with Crippen LogP contribution in [0, 0.1) is 16.2 Å². The highest BCUT2D eigenvalue weighted by atomic mass is 16.5. The number of nitrogens with zero attached hydrogens (tertiary/aromatic N) is 10. The molecule has 1 aliphatic heterocycles. The van der Waals surface area contributed by atoms with Crippen LogP contribution in [-0.2, 0) is 84.8 Å². The van der Waals surface area contributed by atoms with Gasteiger partial charge in [0.05, 0.1) is 140 Å². The highest BCUT2D eigenvalue weighted by molar-refractivity contribution is 5.26. The number of ether oxygens (including phenoxy) is 11. The van der Waals surface area contributed by atoms with E-state index < -0.39 is 0 Å². The Morgan fingerprint density at radius 1 is 0.346 bits per heavy atom. The summed E-state index contributed by atoms with van der Waals surface area (Å²) in [5, 5.41) is 54.1. The molecule has 10 N–H and O–H groups in total. The fraction of sp³-hybridized carbons (Fsp3) is 0.844.